The van der Waals surface area contributed by atoms with Gasteiger partial charge in [0.1, 0.15) is 11.6 Å². The maximum atomic E-state index is 12.8. The Labute approximate surface area is 221 Å². The Kier molecular flexibility index (Phi) is 8.99. The van der Waals surface area contributed by atoms with Crippen LogP contribution in [0.2, 0.25) is 0 Å². The maximum absolute atomic E-state index is 12.8. The summed E-state index contributed by atoms with van der Waals surface area (Å²) >= 11 is 0. The number of halogens is 3. The van der Waals surface area contributed by atoms with Crippen molar-refractivity contribution in [2.75, 3.05) is 68.6 Å². The second-order valence-corrected chi connectivity index (χ2v) is 10.0. The Morgan fingerprint density at radius 1 is 1.21 bits per heavy atom. The Balaban J connectivity index is 1.54. The van der Waals surface area contributed by atoms with E-state index < -0.39 is 18.5 Å². The van der Waals surface area contributed by atoms with Gasteiger partial charge in [-0.2, -0.15) is 13.2 Å². The molecule has 2 amide bonds. The SMILES string of the molecule is CO[C@@H](C)CNc1cc(-c2cc(NC(=O)N3CCC(CC(F)(F)F)C3)ccc2C)cc(N2CCOCC2)n1. The van der Waals surface area contributed by atoms with Crippen LogP contribution in [0.15, 0.2) is 30.3 Å². The predicted molar refractivity (Wildman–Crippen MR) is 142 cm³/mol. The predicted octanol–water partition coefficient (Wildman–Crippen LogP) is 5.15. The van der Waals surface area contributed by atoms with Crippen molar-refractivity contribution in [1.29, 1.82) is 0 Å². The molecule has 38 heavy (non-hydrogen) atoms. The molecule has 2 N–H and O–H groups in total. The van der Waals surface area contributed by atoms with Crippen LogP contribution in [0.1, 0.15) is 25.3 Å². The number of carbonyl (C=O) groups is 1. The summed E-state index contributed by atoms with van der Waals surface area (Å²) in [6, 6.07) is 9.26. The van der Waals surface area contributed by atoms with E-state index in [0.29, 0.717) is 38.4 Å². The molecule has 2 fully saturated rings. The number of alkyl halides is 3. The Hall–Kier alpha value is -3.05. The highest BCUT2D eigenvalue weighted by Crippen LogP contribution is 2.33. The fourth-order valence-electron chi connectivity index (χ4n) is 4.77. The van der Waals surface area contributed by atoms with Crippen molar-refractivity contribution in [1.82, 2.24) is 9.88 Å². The van der Waals surface area contributed by atoms with Crippen LogP contribution >= 0.6 is 0 Å². The van der Waals surface area contributed by atoms with Gasteiger partial charge in [0.25, 0.3) is 0 Å². The lowest BCUT2D eigenvalue weighted by molar-refractivity contribution is -0.143. The van der Waals surface area contributed by atoms with Gasteiger partial charge in [0.15, 0.2) is 0 Å². The van der Waals surface area contributed by atoms with Crippen molar-refractivity contribution in [3.8, 4) is 11.1 Å². The molecule has 208 valence electrons. The number of ether oxygens (including phenoxy) is 2. The van der Waals surface area contributed by atoms with Gasteiger partial charge in [0.2, 0.25) is 0 Å². The zero-order chi connectivity index (χ0) is 27.3. The minimum Gasteiger partial charge on any atom is -0.380 e. The molecule has 1 aromatic carbocycles. The molecule has 0 aliphatic carbocycles. The van der Waals surface area contributed by atoms with Crippen molar-refractivity contribution >= 4 is 23.4 Å². The van der Waals surface area contributed by atoms with Gasteiger partial charge in [-0.25, -0.2) is 9.78 Å². The minimum atomic E-state index is -4.22. The normalized spacial score (nSPS) is 18.9. The number of aromatic nitrogens is 1. The third kappa shape index (κ3) is 7.50. The fraction of sp³-hybridized carbons (Fsp3) is 0.556. The summed E-state index contributed by atoms with van der Waals surface area (Å²) in [5.41, 5.74) is 3.47. The van der Waals surface area contributed by atoms with E-state index in [2.05, 4.69) is 15.5 Å². The zero-order valence-electron chi connectivity index (χ0n) is 22.1. The Bertz CT molecular complexity index is 1110. The second-order valence-electron chi connectivity index (χ2n) is 10.0. The molecular formula is C27H36F3N5O3. The van der Waals surface area contributed by atoms with E-state index in [4.69, 9.17) is 14.5 Å². The number of anilines is 3. The fourth-order valence-corrected chi connectivity index (χ4v) is 4.77. The molecule has 2 atom stereocenters. The number of aryl methyl sites for hydroxylation is 1. The van der Waals surface area contributed by atoms with Crippen LogP contribution in [0.4, 0.5) is 35.3 Å². The number of rotatable bonds is 8. The molecule has 2 aliphatic heterocycles. The van der Waals surface area contributed by atoms with E-state index in [1.54, 1.807) is 7.11 Å². The van der Waals surface area contributed by atoms with Crippen LogP contribution in [0.5, 0.6) is 0 Å². The molecule has 2 aromatic rings. The highest BCUT2D eigenvalue weighted by atomic mass is 19.4. The first kappa shape index (κ1) is 28.0. The lowest BCUT2D eigenvalue weighted by Gasteiger charge is -2.29. The summed E-state index contributed by atoms with van der Waals surface area (Å²) in [4.78, 5) is 21.3. The molecule has 1 aromatic heterocycles. The van der Waals surface area contributed by atoms with Crippen LogP contribution < -0.4 is 15.5 Å². The van der Waals surface area contributed by atoms with E-state index in [1.807, 2.05) is 44.2 Å². The summed E-state index contributed by atoms with van der Waals surface area (Å²) in [6.07, 6.45) is -4.72. The average molecular weight is 536 g/mol. The van der Waals surface area contributed by atoms with Gasteiger partial charge in [0.05, 0.1) is 19.3 Å². The number of morpholine rings is 1. The molecule has 1 unspecified atom stereocenters. The average Bonchev–Trinajstić information content (AvgIpc) is 3.35. The molecular weight excluding hydrogens is 499 g/mol. The third-order valence-electron chi connectivity index (χ3n) is 7.01. The van der Waals surface area contributed by atoms with Gasteiger partial charge in [-0.1, -0.05) is 6.07 Å². The molecule has 0 saturated carbocycles. The number of nitrogens with zero attached hydrogens (tertiary/aromatic N) is 3. The number of carbonyl (C=O) groups excluding carboxylic acids is 1. The summed E-state index contributed by atoms with van der Waals surface area (Å²) in [6.45, 7) is 7.73. The van der Waals surface area contributed by atoms with E-state index in [9.17, 15) is 18.0 Å². The molecule has 2 aliphatic rings. The first-order chi connectivity index (χ1) is 18.1. The molecule has 8 nitrogen and oxygen atoms in total. The number of methoxy groups -OCH3 is 1. The van der Waals surface area contributed by atoms with Crippen molar-refractivity contribution < 1.29 is 27.4 Å². The van der Waals surface area contributed by atoms with Crippen molar-refractivity contribution in [3.63, 3.8) is 0 Å². The lowest BCUT2D eigenvalue weighted by atomic mass is 10.00. The number of benzene rings is 1. The number of pyridine rings is 1. The van der Waals surface area contributed by atoms with Gasteiger partial charge < -0.3 is 29.9 Å². The third-order valence-corrected chi connectivity index (χ3v) is 7.01. The topological polar surface area (TPSA) is 79.0 Å². The first-order valence-corrected chi connectivity index (χ1v) is 13.0. The maximum Gasteiger partial charge on any atom is 0.389 e. The number of hydrogen-bond donors (Lipinski definition) is 2. The number of urea groups is 1. The monoisotopic (exact) mass is 535 g/mol. The van der Waals surface area contributed by atoms with Gasteiger partial charge in [-0.05, 0) is 67.1 Å². The number of amides is 2. The van der Waals surface area contributed by atoms with Crippen LogP contribution in [-0.2, 0) is 9.47 Å². The van der Waals surface area contributed by atoms with Gasteiger partial charge >= 0.3 is 12.2 Å². The van der Waals surface area contributed by atoms with Crippen molar-refractivity contribution in [2.45, 2.75) is 39.0 Å². The highest BCUT2D eigenvalue weighted by Gasteiger charge is 2.36. The molecule has 2 saturated heterocycles. The van der Waals surface area contributed by atoms with E-state index in [-0.39, 0.29) is 18.7 Å². The molecule has 11 heteroatoms. The molecule has 3 heterocycles. The van der Waals surface area contributed by atoms with Crippen LogP contribution in [0.3, 0.4) is 0 Å². The quantitative estimate of drug-likeness (QED) is 0.487. The van der Waals surface area contributed by atoms with E-state index >= 15 is 0 Å². The minimum absolute atomic E-state index is 0.00823. The standard InChI is InChI=1S/C27H36F3N5O3/c1-18-4-5-22(32-26(36)35-7-6-20(17-35)15-27(28,29)30)14-23(18)21-12-24(31-16-19(2)37-3)33-25(13-21)34-8-10-38-11-9-34/h4-5,12-14,19-20H,6-11,15-17H2,1-3H3,(H,31,33)(H,32,36)/t19-,20?/m0/s1. The number of nitrogens with one attached hydrogen (secondary N) is 2. The van der Waals surface area contributed by atoms with Crippen molar-refractivity contribution in [3.05, 3.63) is 35.9 Å². The van der Waals surface area contributed by atoms with Gasteiger partial charge in [0, 0.05) is 51.9 Å². The van der Waals surface area contributed by atoms with Gasteiger partial charge in [-0.3, -0.25) is 0 Å². The summed E-state index contributed by atoms with van der Waals surface area (Å²) in [5, 5.41) is 6.23. The largest absolute Gasteiger partial charge is 0.389 e. The summed E-state index contributed by atoms with van der Waals surface area (Å²) in [7, 11) is 1.66. The van der Waals surface area contributed by atoms with E-state index in [1.165, 1.54) is 4.90 Å². The first-order valence-electron chi connectivity index (χ1n) is 13.0. The van der Waals surface area contributed by atoms with Crippen LogP contribution in [0.25, 0.3) is 11.1 Å². The summed E-state index contributed by atoms with van der Waals surface area (Å²) < 4.78 is 49.2. The number of likely N-dealkylation sites (tertiary alicyclic amines) is 1. The molecule has 0 bridgehead atoms. The Morgan fingerprint density at radius 3 is 2.68 bits per heavy atom. The zero-order valence-corrected chi connectivity index (χ0v) is 22.1. The van der Waals surface area contributed by atoms with Crippen LogP contribution in [-0.4, -0.2) is 81.2 Å². The molecule has 0 radical (unpaired) electrons. The highest BCUT2D eigenvalue weighted by molar-refractivity contribution is 5.91. The summed E-state index contributed by atoms with van der Waals surface area (Å²) in [5.74, 6) is 0.992. The Morgan fingerprint density at radius 2 is 1.97 bits per heavy atom. The molecule has 4 rings (SSSR count). The second kappa shape index (κ2) is 12.2. The van der Waals surface area contributed by atoms with Gasteiger partial charge in [-0.15, -0.1) is 0 Å². The van der Waals surface area contributed by atoms with Crippen molar-refractivity contribution in [2.24, 2.45) is 5.92 Å². The van der Waals surface area contributed by atoms with E-state index in [0.717, 1.165) is 41.4 Å². The lowest BCUT2D eigenvalue weighted by Crippen LogP contribution is -2.36. The van der Waals surface area contributed by atoms with Crippen LogP contribution in [0, 0.1) is 12.8 Å². The smallest absolute Gasteiger partial charge is 0.380 e. The number of hydrogen-bond acceptors (Lipinski definition) is 6. The molecule has 0 spiro atoms.